The summed E-state index contributed by atoms with van der Waals surface area (Å²) in [6.07, 6.45) is 4.81. The van der Waals surface area contributed by atoms with Crippen molar-refractivity contribution in [3.63, 3.8) is 0 Å². The minimum atomic E-state index is 0. The van der Waals surface area contributed by atoms with Gasteiger partial charge < -0.3 is 15.5 Å². The molecule has 0 bridgehead atoms. The van der Waals surface area contributed by atoms with Crippen molar-refractivity contribution < 1.29 is 4.79 Å². The van der Waals surface area contributed by atoms with Crippen LogP contribution < -0.4 is 10.6 Å². The van der Waals surface area contributed by atoms with Crippen LogP contribution in [0.15, 0.2) is 18.5 Å². The van der Waals surface area contributed by atoms with Crippen LogP contribution in [0, 0.1) is 11.8 Å². The first-order valence-electron chi connectivity index (χ1n) is 8.67. The second kappa shape index (κ2) is 8.83. The Kier molecular flexibility index (Phi) is 7.02. The number of hydrogen-bond donors (Lipinski definition) is 1. The molecule has 4 rings (SSSR count). The number of aromatic nitrogens is 4. The van der Waals surface area contributed by atoms with Crippen LogP contribution in [-0.2, 0) is 4.79 Å². The van der Waals surface area contributed by atoms with Gasteiger partial charge in [-0.25, -0.2) is 0 Å². The van der Waals surface area contributed by atoms with Crippen LogP contribution in [0.3, 0.4) is 0 Å². The minimum Gasteiger partial charge on any atom is -0.352 e. The third-order valence-electron chi connectivity index (χ3n) is 5.34. The van der Waals surface area contributed by atoms with E-state index in [9.17, 15) is 4.79 Å². The van der Waals surface area contributed by atoms with E-state index in [1.807, 2.05) is 17.0 Å². The van der Waals surface area contributed by atoms with Gasteiger partial charge in [-0.3, -0.25) is 4.79 Å². The molecule has 1 amide bonds. The lowest BCUT2D eigenvalue weighted by molar-refractivity contribution is -0.136. The lowest BCUT2D eigenvalue weighted by atomic mass is 9.94. The van der Waals surface area contributed by atoms with E-state index >= 15 is 0 Å². The van der Waals surface area contributed by atoms with Crippen LogP contribution in [0.1, 0.15) is 19.3 Å². The number of hydrogen-bond acceptors (Lipinski definition) is 6. The maximum atomic E-state index is 12.8. The molecule has 1 saturated heterocycles. The number of amides is 1. The molecule has 0 aromatic carbocycles. The van der Waals surface area contributed by atoms with Gasteiger partial charge in [0.2, 0.25) is 5.91 Å². The number of halogens is 2. The fraction of sp³-hybridized carbons (Fsp3) is 0.625. The molecule has 144 valence electrons. The predicted molar refractivity (Wildman–Crippen MR) is 104 cm³/mol. The Morgan fingerprint density at radius 2 is 1.92 bits per heavy atom. The predicted octanol–water partition coefficient (Wildman–Crippen LogP) is 0.992. The smallest absolute Gasteiger partial charge is 0.226 e. The van der Waals surface area contributed by atoms with Crippen LogP contribution in [-0.4, -0.2) is 63.3 Å². The summed E-state index contributed by atoms with van der Waals surface area (Å²) in [5.41, 5.74) is 6.56. The third-order valence-corrected chi connectivity index (χ3v) is 5.34. The summed E-state index contributed by atoms with van der Waals surface area (Å²) in [6.45, 7) is 3.71. The molecule has 1 aliphatic carbocycles. The SMILES string of the molecule is Cl.Cl.NC[C@H]1CCC[C@H]1C(=O)N1CCN(c2ccc3nncn3n2)CC1. The number of carbonyl (C=O) groups excluding carboxylic acids is 1. The number of fused-ring (bicyclic) bond motifs is 1. The Balaban J connectivity index is 0.00000121. The fourth-order valence-electron chi connectivity index (χ4n) is 3.92. The molecule has 0 spiro atoms. The zero-order valence-corrected chi connectivity index (χ0v) is 16.2. The van der Waals surface area contributed by atoms with Crippen LogP contribution in [0.2, 0.25) is 0 Å². The number of piperazine rings is 1. The number of carbonyl (C=O) groups is 1. The monoisotopic (exact) mass is 401 g/mol. The molecule has 2 aromatic rings. The average molecular weight is 402 g/mol. The van der Waals surface area contributed by atoms with E-state index in [-0.39, 0.29) is 30.7 Å². The van der Waals surface area contributed by atoms with Crippen LogP contribution in [0.4, 0.5) is 5.82 Å². The zero-order valence-electron chi connectivity index (χ0n) is 14.5. The summed E-state index contributed by atoms with van der Waals surface area (Å²) in [4.78, 5) is 17.0. The maximum absolute atomic E-state index is 12.8. The molecule has 2 fully saturated rings. The van der Waals surface area contributed by atoms with Crippen molar-refractivity contribution in [1.29, 1.82) is 0 Å². The summed E-state index contributed by atoms with van der Waals surface area (Å²) in [6, 6.07) is 3.88. The molecular formula is C16H25Cl2N7O. The molecule has 2 aliphatic rings. The molecule has 10 heteroatoms. The Morgan fingerprint density at radius 3 is 2.65 bits per heavy atom. The highest BCUT2D eigenvalue weighted by Crippen LogP contribution is 2.32. The standard InChI is InChI=1S/C16H23N7O.2ClH/c17-10-12-2-1-3-13(12)16(24)22-8-6-21(7-9-22)15-5-4-14-19-18-11-23(14)20-15;;/h4-5,11-13H,1-3,6-10,17H2;2*1H/t12-,13-;;/m1../s1. The van der Waals surface area contributed by atoms with Gasteiger partial charge in [0, 0.05) is 32.1 Å². The Hall–Kier alpha value is -1.64. The van der Waals surface area contributed by atoms with Crippen LogP contribution in [0.5, 0.6) is 0 Å². The highest BCUT2D eigenvalue weighted by molar-refractivity contribution is 5.85. The minimum absolute atomic E-state index is 0. The summed E-state index contributed by atoms with van der Waals surface area (Å²) in [7, 11) is 0. The van der Waals surface area contributed by atoms with Crippen molar-refractivity contribution in [3.8, 4) is 0 Å². The third kappa shape index (κ3) is 3.87. The Morgan fingerprint density at radius 1 is 1.15 bits per heavy atom. The maximum Gasteiger partial charge on any atom is 0.226 e. The van der Waals surface area contributed by atoms with Gasteiger partial charge in [-0.05, 0) is 37.4 Å². The second-order valence-corrected chi connectivity index (χ2v) is 6.67. The van der Waals surface area contributed by atoms with Crippen LogP contribution in [0.25, 0.3) is 5.65 Å². The zero-order chi connectivity index (χ0) is 16.5. The molecule has 3 heterocycles. The number of rotatable bonds is 3. The number of nitrogens with two attached hydrogens (primary N) is 1. The number of nitrogens with zero attached hydrogens (tertiary/aromatic N) is 6. The summed E-state index contributed by atoms with van der Waals surface area (Å²) in [5, 5.41) is 12.3. The highest BCUT2D eigenvalue weighted by atomic mass is 35.5. The van der Waals surface area contributed by atoms with E-state index in [2.05, 4.69) is 20.2 Å². The molecule has 8 nitrogen and oxygen atoms in total. The molecule has 2 atom stereocenters. The summed E-state index contributed by atoms with van der Waals surface area (Å²) in [5.74, 6) is 1.70. The van der Waals surface area contributed by atoms with Gasteiger partial charge in [-0.1, -0.05) is 6.42 Å². The van der Waals surface area contributed by atoms with E-state index < -0.39 is 0 Å². The average Bonchev–Trinajstić information content (AvgIpc) is 3.29. The molecule has 1 saturated carbocycles. The van der Waals surface area contributed by atoms with Gasteiger partial charge >= 0.3 is 0 Å². The topological polar surface area (TPSA) is 92.7 Å². The van der Waals surface area contributed by atoms with E-state index in [4.69, 9.17) is 5.73 Å². The molecule has 26 heavy (non-hydrogen) atoms. The quantitative estimate of drug-likeness (QED) is 0.823. The second-order valence-electron chi connectivity index (χ2n) is 6.67. The normalized spacial score (nSPS) is 22.8. The van der Waals surface area contributed by atoms with E-state index in [1.54, 1.807) is 10.8 Å². The highest BCUT2D eigenvalue weighted by Gasteiger charge is 2.35. The fourth-order valence-corrected chi connectivity index (χ4v) is 3.92. The lowest BCUT2D eigenvalue weighted by Crippen LogP contribution is -2.51. The van der Waals surface area contributed by atoms with Gasteiger partial charge in [0.15, 0.2) is 5.65 Å². The van der Waals surface area contributed by atoms with Crippen molar-refractivity contribution >= 4 is 42.2 Å². The Bertz CT molecular complexity index is 732. The van der Waals surface area contributed by atoms with Crippen molar-refractivity contribution in [2.75, 3.05) is 37.6 Å². The molecular weight excluding hydrogens is 377 g/mol. The van der Waals surface area contributed by atoms with Gasteiger partial charge in [0.05, 0.1) is 0 Å². The summed E-state index contributed by atoms with van der Waals surface area (Å²) >= 11 is 0. The van der Waals surface area contributed by atoms with E-state index in [0.29, 0.717) is 18.4 Å². The van der Waals surface area contributed by atoms with Gasteiger partial charge in [-0.2, -0.15) is 4.52 Å². The first-order valence-corrected chi connectivity index (χ1v) is 8.67. The molecule has 0 unspecified atom stereocenters. The van der Waals surface area contributed by atoms with Crippen LogP contribution >= 0.6 is 24.8 Å². The molecule has 1 aliphatic heterocycles. The summed E-state index contributed by atoms with van der Waals surface area (Å²) < 4.78 is 1.68. The first kappa shape index (κ1) is 20.7. The molecule has 0 radical (unpaired) electrons. The first-order chi connectivity index (χ1) is 11.8. The lowest BCUT2D eigenvalue weighted by Gasteiger charge is -2.37. The largest absolute Gasteiger partial charge is 0.352 e. The van der Waals surface area contributed by atoms with E-state index in [1.165, 1.54) is 0 Å². The van der Waals surface area contributed by atoms with Gasteiger partial charge in [-0.15, -0.1) is 40.1 Å². The van der Waals surface area contributed by atoms with Crippen molar-refractivity contribution in [1.82, 2.24) is 24.7 Å². The van der Waals surface area contributed by atoms with Crippen molar-refractivity contribution in [2.24, 2.45) is 17.6 Å². The van der Waals surface area contributed by atoms with Crippen molar-refractivity contribution in [3.05, 3.63) is 18.5 Å². The van der Waals surface area contributed by atoms with Gasteiger partial charge in [0.1, 0.15) is 12.1 Å². The Labute approximate surface area is 164 Å². The molecule has 2 N–H and O–H groups in total. The van der Waals surface area contributed by atoms with Crippen molar-refractivity contribution in [2.45, 2.75) is 19.3 Å². The molecule has 2 aromatic heterocycles. The van der Waals surface area contributed by atoms with E-state index in [0.717, 1.165) is 56.9 Å². The number of anilines is 1. The van der Waals surface area contributed by atoms with Gasteiger partial charge in [0.25, 0.3) is 0 Å².